The van der Waals surface area contributed by atoms with Crippen molar-refractivity contribution in [3.63, 3.8) is 0 Å². The van der Waals surface area contributed by atoms with Gasteiger partial charge in [0.15, 0.2) is 0 Å². The maximum Gasteiger partial charge on any atom is 0.264 e. The van der Waals surface area contributed by atoms with Crippen LogP contribution in [0.25, 0.3) is 0 Å². The molecule has 0 aliphatic carbocycles. The quantitative estimate of drug-likeness (QED) is 0.733. The molecule has 2 aliphatic rings. The normalized spacial score (nSPS) is 20.6. The summed E-state index contributed by atoms with van der Waals surface area (Å²) in [5.74, 6) is 0. The molecule has 2 aromatic rings. The number of benzene rings is 2. The molecule has 4 rings (SSSR count). The van der Waals surface area contributed by atoms with Crippen LogP contribution in [-0.2, 0) is 31.2 Å². The van der Waals surface area contributed by atoms with Crippen LogP contribution >= 0.6 is 0 Å². The van der Waals surface area contributed by atoms with Gasteiger partial charge in [0.25, 0.3) is 10.0 Å². The van der Waals surface area contributed by atoms with E-state index in [0.717, 1.165) is 11.1 Å². The fraction of sp³-hybridized carbons (Fsp3) is 0.400. The lowest BCUT2D eigenvalue weighted by molar-refractivity contribution is 0.0730. The third-order valence-corrected chi connectivity index (χ3v) is 9.23. The van der Waals surface area contributed by atoms with Crippen molar-refractivity contribution in [2.75, 3.05) is 30.6 Å². The molecule has 0 aromatic heterocycles. The second-order valence-electron chi connectivity index (χ2n) is 7.47. The van der Waals surface area contributed by atoms with Crippen molar-refractivity contribution in [3.05, 3.63) is 53.6 Å². The SMILES string of the molecule is Cc1ccc(S(=O)(=O)N2c3ccc(S(=O)(=O)N4CCOCC4)cc3C[C@@H]2C)cc1. The number of ether oxygens (including phenoxy) is 1. The number of anilines is 1. The molecule has 29 heavy (non-hydrogen) atoms. The molecule has 0 N–H and O–H groups in total. The average molecular weight is 437 g/mol. The molecule has 2 aromatic carbocycles. The summed E-state index contributed by atoms with van der Waals surface area (Å²) in [6, 6.07) is 11.2. The monoisotopic (exact) mass is 436 g/mol. The Bertz CT molecular complexity index is 1120. The highest BCUT2D eigenvalue weighted by atomic mass is 32.2. The Balaban J connectivity index is 1.70. The van der Waals surface area contributed by atoms with E-state index in [-0.39, 0.29) is 15.8 Å². The predicted octanol–water partition coefficient (Wildman–Crippen LogP) is 2.16. The van der Waals surface area contributed by atoms with Gasteiger partial charge in [0.1, 0.15) is 0 Å². The number of aryl methyl sites for hydroxylation is 1. The van der Waals surface area contributed by atoms with Crippen LogP contribution in [0.15, 0.2) is 52.3 Å². The van der Waals surface area contributed by atoms with Crippen molar-refractivity contribution in [2.24, 2.45) is 0 Å². The van der Waals surface area contributed by atoms with Crippen LogP contribution < -0.4 is 4.31 Å². The number of sulfonamides is 2. The van der Waals surface area contributed by atoms with Gasteiger partial charge in [-0.1, -0.05) is 17.7 Å². The van der Waals surface area contributed by atoms with E-state index in [4.69, 9.17) is 4.74 Å². The largest absolute Gasteiger partial charge is 0.379 e. The standard InChI is InChI=1S/C20H24N2O5S2/c1-15-3-5-18(6-4-15)29(25,26)22-16(2)13-17-14-19(7-8-20(17)22)28(23,24)21-9-11-27-12-10-21/h3-8,14,16H,9-13H2,1-2H3/t16-/m0/s1. The van der Waals surface area contributed by atoms with Crippen LogP contribution in [0.4, 0.5) is 5.69 Å². The summed E-state index contributed by atoms with van der Waals surface area (Å²) in [6.07, 6.45) is 0.465. The first-order valence-electron chi connectivity index (χ1n) is 9.53. The van der Waals surface area contributed by atoms with Gasteiger partial charge in [0.2, 0.25) is 10.0 Å². The summed E-state index contributed by atoms with van der Waals surface area (Å²) in [7, 11) is -7.36. The predicted molar refractivity (Wildman–Crippen MR) is 110 cm³/mol. The van der Waals surface area contributed by atoms with Crippen LogP contribution in [0.2, 0.25) is 0 Å². The zero-order valence-electron chi connectivity index (χ0n) is 16.4. The molecule has 0 unspecified atom stereocenters. The molecule has 0 saturated carbocycles. The highest BCUT2D eigenvalue weighted by Gasteiger charge is 2.37. The third-order valence-electron chi connectivity index (χ3n) is 5.39. The van der Waals surface area contributed by atoms with E-state index in [2.05, 4.69) is 0 Å². The fourth-order valence-electron chi connectivity index (χ4n) is 3.87. The number of hydrogen-bond acceptors (Lipinski definition) is 5. The van der Waals surface area contributed by atoms with Crippen molar-refractivity contribution >= 4 is 25.7 Å². The van der Waals surface area contributed by atoms with Crippen LogP contribution in [0.3, 0.4) is 0 Å². The Labute approximate surface area is 172 Å². The molecule has 1 fully saturated rings. The first kappa shape index (κ1) is 20.3. The average Bonchev–Trinajstić information content (AvgIpc) is 3.04. The molecular weight excluding hydrogens is 412 g/mol. The van der Waals surface area contributed by atoms with Gasteiger partial charge in [-0.15, -0.1) is 0 Å². The lowest BCUT2D eigenvalue weighted by Gasteiger charge is -2.26. The van der Waals surface area contributed by atoms with Gasteiger partial charge < -0.3 is 4.74 Å². The van der Waals surface area contributed by atoms with E-state index in [1.165, 1.54) is 14.7 Å². The molecule has 1 saturated heterocycles. The van der Waals surface area contributed by atoms with Crippen molar-refractivity contribution in [1.29, 1.82) is 0 Å². The highest BCUT2D eigenvalue weighted by molar-refractivity contribution is 7.93. The Morgan fingerprint density at radius 2 is 1.52 bits per heavy atom. The molecule has 7 nitrogen and oxygen atoms in total. The number of morpholine rings is 1. The zero-order valence-corrected chi connectivity index (χ0v) is 18.0. The lowest BCUT2D eigenvalue weighted by Crippen LogP contribution is -2.40. The van der Waals surface area contributed by atoms with Crippen LogP contribution in [0.5, 0.6) is 0 Å². The van der Waals surface area contributed by atoms with Crippen LogP contribution in [0, 0.1) is 6.92 Å². The molecule has 2 heterocycles. The minimum absolute atomic E-state index is 0.194. The van der Waals surface area contributed by atoms with Crippen molar-refractivity contribution in [1.82, 2.24) is 4.31 Å². The molecule has 1 atom stereocenters. The Kier molecular flexibility index (Phi) is 5.18. The first-order chi connectivity index (χ1) is 13.7. The summed E-state index contributed by atoms with van der Waals surface area (Å²) in [6.45, 7) is 5.14. The van der Waals surface area contributed by atoms with Gasteiger partial charge >= 0.3 is 0 Å². The lowest BCUT2D eigenvalue weighted by atomic mass is 10.1. The van der Waals surface area contributed by atoms with Gasteiger partial charge in [-0.3, -0.25) is 4.31 Å². The number of fused-ring (bicyclic) bond motifs is 1. The van der Waals surface area contributed by atoms with Crippen LogP contribution in [0.1, 0.15) is 18.1 Å². The minimum atomic E-state index is -3.73. The molecule has 9 heteroatoms. The van der Waals surface area contributed by atoms with E-state index in [0.29, 0.717) is 38.4 Å². The smallest absolute Gasteiger partial charge is 0.264 e. The Hall–Kier alpha value is -1.94. The van der Waals surface area contributed by atoms with Crippen molar-refractivity contribution < 1.29 is 21.6 Å². The summed E-state index contributed by atoms with van der Waals surface area (Å²) < 4.78 is 60.4. The summed E-state index contributed by atoms with van der Waals surface area (Å²) >= 11 is 0. The summed E-state index contributed by atoms with van der Waals surface area (Å²) in [5.41, 5.74) is 2.25. The topological polar surface area (TPSA) is 84.0 Å². The third kappa shape index (κ3) is 3.56. The number of hydrogen-bond donors (Lipinski definition) is 0. The van der Waals surface area contributed by atoms with Crippen molar-refractivity contribution in [3.8, 4) is 0 Å². The first-order valence-corrected chi connectivity index (χ1v) is 12.4. The molecule has 156 valence electrons. The van der Waals surface area contributed by atoms with Crippen molar-refractivity contribution in [2.45, 2.75) is 36.1 Å². The van der Waals surface area contributed by atoms with Gasteiger partial charge in [-0.25, -0.2) is 16.8 Å². The maximum absolute atomic E-state index is 13.2. The molecule has 2 aliphatic heterocycles. The molecule has 0 spiro atoms. The Morgan fingerprint density at radius 3 is 2.17 bits per heavy atom. The molecular formula is C20H24N2O5S2. The van der Waals surface area contributed by atoms with Gasteiger partial charge in [-0.2, -0.15) is 4.31 Å². The van der Waals surface area contributed by atoms with E-state index in [1.807, 2.05) is 13.8 Å². The second-order valence-corrected chi connectivity index (χ2v) is 11.2. The fourth-order valence-corrected chi connectivity index (χ4v) is 7.02. The van der Waals surface area contributed by atoms with Gasteiger partial charge in [-0.05, 0) is 56.2 Å². The Morgan fingerprint density at radius 1 is 0.897 bits per heavy atom. The van der Waals surface area contributed by atoms with E-state index < -0.39 is 20.0 Å². The van der Waals surface area contributed by atoms with Gasteiger partial charge in [0, 0.05) is 19.1 Å². The van der Waals surface area contributed by atoms with E-state index in [1.54, 1.807) is 36.4 Å². The minimum Gasteiger partial charge on any atom is -0.379 e. The zero-order chi connectivity index (χ0) is 20.8. The van der Waals surface area contributed by atoms with E-state index in [9.17, 15) is 16.8 Å². The molecule has 0 amide bonds. The maximum atomic E-state index is 13.2. The van der Waals surface area contributed by atoms with Gasteiger partial charge in [0.05, 0.1) is 28.7 Å². The molecule has 0 radical (unpaired) electrons. The van der Waals surface area contributed by atoms with E-state index >= 15 is 0 Å². The highest BCUT2D eigenvalue weighted by Crippen LogP contribution is 2.38. The van der Waals surface area contributed by atoms with Crippen LogP contribution in [-0.4, -0.2) is 53.5 Å². The second kappa shape index (κ2) is 7.39. The summed E-state index contributed by atoms with van der Waals surface area (Å²) in [5, 5.41) is 0. The number of nitrogens with zero attached hydrogens (tertiary/aromatic N) is 2. The number of rotatable bonds is 4. The summed E-state index contributed by atoms with van der Waals surface area (Å²) in [4.78, 5) is 0.424. The molecule has 0 bridgehead atoms.